The Hall–Kier alpha value is -0.183. The first-order chi connectivity index (χ1) is 13.0. The number of hydrogen-bond donors (Lipinski definition) is 1. The maximum Gasteiger partial charge on any atom is 0.315 e. The molecule has 1 saturated carbocycles. The number of esters is 1. The van der Waals surface area contributed by atoms with E-state index in [4.69, 9.17) is 9.47 Å². The molecule has 0 saturated heterocycles. The van der Waals surface area contributed by atoms with Gasteiger partial charge in [-0.25, -0.2) is 0 Å². The van der Waals surface area contributed by atoms with E-state index in [1.807, 2.05) is 11.0 Å². The van der Waals surface area contributed by atoms with Crippen LogP contribution in [-0.4, -0.2) is 38.7 Å². The molecule has 2 aliphatic rings. The van der Waals surface area contributed by atoms with Gasteiger partial charge in [0.1, 0.15) is 0 Å². The van der Waals surface area contributed by atoms with Crippen molar-refractivity contribution in [1.29, 1.82) is 0 Å². The molecule has 0 spiro atoms. The van der Waals surface area contributed by atoms with Gasteiger partial charge in [-0.1, -0.05) is 66.9 Å². The van der Waals surface area contributed by atoms with Crippen molar-refractivity contribution in [3.8, 4) is 0 Å². The van der Waals surface area contributed by atoms with Crippen LogP contribution in [-0.2, 0) is 14.3 Å². The topological polar surface area (TPSA) is 55.8 Å². The largest absolute Gasteiger partial charge is 0.438 e. The van der Waals surface area contributed by atoms with Crippen LogP contribution in [0.3, 0.4) is 0 Å². The van der Waals surface area contributed by atoms with Crippen LogP contribution in [0.5, 0.6) is 0 Å². The molecule has 6 heteroatoms. The van der Waals surface area contributed by atoms with E-state index >= 15 is 0 Å². The van der Waals surface area contributed by atoms with Crippen molar-refractivity contribution in [3.05, 3.63) is 21.8 Å². The van der Waals surface area contributed by atoms with Crippen molar-refractivity contribution in [1.82, 2.24) is 0 Å². The second-order valence-electron chi connectivity index (χ2n) is 9.99. The fourth-order valence-electron chi connectivity index (χ4n) is 4.84. The lowest BCUT2D eigenvalue weighted by molar-refractivity contribution is -0.178. The fraction of sp³-hybridized carbons (Fsp3) is 0.773. The van der Waals surface area contributed by atoms with E-state index in [-0.39, 0.29) is 36.4 Å². The minimum atomic E-state index is -1.16. The van der Waals surface area contributed by atoms with E-state index < -0.39 is 19.6 Å². The molecular weight excluding hydrogens is 483 g/mol. The molecule has 0 radical (unpaired) electrons. The lowest BCUT2D eigenvalue weighted by Gasteiger charge is -2.52. The average molecular weight is 521 g/mol. The van der Waals surface area contributed by atoms with Crippen LogP contribution in [0.25, 0.3) is 0 Å². The number of carbonyl (C=O) groups excluding carboxylic acids is 1. The zero-order valence-electron chi connectivity index (χ0n) is 18.2. The highest BCUT2D eigenvalue weighted by Crippen LogP contribution is 2.55. The first-order valence-corrected chi connectivity index (χ1v) is 15.4. The third-order valence-corrected chi connectivity index (χ3v) is 8.83. The summed E-state index contributed by atoms with van der Waals surface area (Å²) in [6.07, 6.45) is 5.76. The van der Waals surface area contributed by atoms with Gasteiger partial charge in [-0.15, -0.1) is 0 Å². The van der Waals surface area contributed by atoms with Crippen LogP contribution in [0, 0.1) is 29.1 Å². The van der Waals surface area contributed by atoms with Crippen molar-refractivity contribution in [2.45, 2.75) is 65.4 Å². The Kier molecular flexibility index (Phi) is 8.39. The number of halogens is 1. The Morgan fingerprint density at radius 1 is 1.39 bits per heavy atom. The highest BCUT2D eigenvalue weighted by Gasteiger charge is 2.56. The molecule has 2 aliphatic carbocycles. The summed E-state index contributed by atoms with van der Waals surface area (Å²) in [7, 11) is -1.16. The molecule has 0 aromatic rings. The molecule has 6 atom stereocenters. The van der Waals surface area contributed by atoms with Gasteiger partial charge < -0.3 is 14.6 Å². The predicted octanol–water partition coefficient (Wildman–Crippen LogP) is 5.40. The second-order valence-corrected chi connectivity index (χ2v) is 16.3. The van der Waals surface area contributed by atoms with Crippen LogP contribution in [0.15, 0.2) is 21.8 Å². The van der Waals surface area contributed by atoms with E-state index in [1.165, 1.54) is 0 Å². The molecule has 1 fully saturated rings. The van der Waals surface area contributed by atoms with E-state index in [2.05, 4.69) is 68.2 Å². The Bertz CT molecular complexity index is 612. The lowest BCUT2D eigenvalue weighted by Crippen LogP contribution is -2.54. The molecule has 0 aliphatic heterocycles. The number of aliphatic hydroxyl groups is 1. The molecule has 0 aromatic carbocycles. The summed E-state index contributed by atoms with van der Waals surface area (Å²) in [6, 6.07) is 1.05. The van der Waals surface area contributed by atoms with Crippen LogP contribution in [0.1, 0.15) is 33.6 Å². The highest BCUT2D eigenvalue weighted by molar-refractivity contribution is 14.1. The minimum absolute atomic E-state index is 0.00738. The standard InChI is InChI=1S/C22H37IO4Si/c1-15-7-8-19-17(20(15)24)13-16(2)18(9-10-23)22(19,3)21(25)27-14-26-11-12-28(4,5)6/h9-10,13,15,17-20,24H,7-8,11-12,14H2,1-6H3/b10-9+/t15-,17+,18-,19-,20+,22-/m0/s1. The molecule has 1 N–H and O–H groups in total. The number of ether oxygens (including phenoxy) is 2. The average Bonchev–Trinajstić information content (AvgIpc) is 2.60. The quantitative estimate of drug-likeness (QED) is 0.122. The molecule has 0 bridgehead atoms. The Labute approximate surface area is 185 Å². The second kappa shape index (κ2) is 9.75. The van der Waals surface area contributed by atoms with E-state index in [9.17, 15) is 9.90 Å². The maximum absolute atomic E-state index is 13.3. The Balaban J connectivity index is 2.17. The molecule has 0 aromatic heterocycles. The van der Waals surface area contributed by atoms with Gasteiger partial charge in [-0.3, -0.25) is 4.79 Å². The third kappa shape index (κ3) is 5.29. The number of hydrogen-bond acceptors (Lipinski definition) is 4. The van der Waals surface area contributed by atoms with Crippen molar-refractivity contribution in [2.75, 3.05) is 13.4 Å². The number of fused-ring (bicyclic) bond motifs is 1. The SMILES string of the molecule is CC1=C[C@H]2[C@H](O)[C@@H](C)CC[C@@H]2[C@@](C)(C(=O)OCOCC[Si](C)(C)C)[C@H]1/C=C/I. The van der Waals surface area contributed by atoms with Gasteiger partial charge in [0.05, 0.1) is 11.5 Å². The summed E-state index contributed by atoms with van der Waals surface area (Å²) >= 11 is 2.21. The molecule has 2 rings (SSSR count). The van der Waals surface area contributed by atoms with Gasteiger partial charge >= 0.3 is 5.97 Å². The van der Waals surface area contributed by atoms with Crippen LogP contribution in [0.4, 0.5) is 0 Å². The van der Waals surface area contributed by atoms with E-state index in [0.717, 1.165) is 24.5 Å². The smallest absolute Gasteiger partial charge is 0.315 e. The van der Waals surface area contributed by atoms with Crippen LogP contribution >= 0.6 is 22.6 Å². The van der Waals surface area contributed by atoms with Crippen molar-refractivity contribution < 1.29 is 19.4 Å². The molecule has 0 unspecified atom stereocenters. The number of carbonyl (C=O) groups is 1. The number of rotatable bonds is 7. The first kappa shape index (κ1) is 24.1. The Morgan fingerprint density at radius 2 is 2.07 bits per heavy atom. The summed E-state index contributed by atoms with van der Waals surface area (Å²) in [6.45, 7) is 13.7. The monoisotopic (exact) mass is 520 g/mol. The zero-order chi connectivity index (χ0) is 21.1. The van der Waals surface area contributed by atoms with Crippen LogP contribution in [0.2, 0.25) is 25.7 Å². The molecular formula is C22H37IO4Si. The van der Waals surface area contributed by atoms with Crippen molar-refractivity contribution in [2.24, 2.45) is 29.1 Å². The van der Waals surface area contributed by atoms with Gasteiger partial charge in [0.15, 0.2) is 6.79 Å². The summed E-state index contributed by atoms with van der Waals surface area (Å²) in [5.41, 5.74) is 0.454. The van der Waals surface area contributed by atoms with Gasteiger partial charge in [-0.2, -0.15) is 0 Å². The molecule has 160 valence electrons. The maximum atomic E-state index is 13.3. The normalized spacial score (nSPS) is 36.1. The number of aliphatic hydroxyl groups excluding tert-OH is 1. The summed E-state index contributed by atoms with van der Waals surface area (Å²) in [4.78, 5) is 13.3. The van der Waals surface area contributed by atoms with Crippen molar-refractivity contribution in [3.63, 3.8) is 0 Å². The van der Waals surface area contributed by atoms with E-state index in [1.54, 1.807) is 0 Å². The summed E-state index contributed by atoms with van der Waals surface area (Å²) in [5.74, 6) is 0.125. The first-order valence-electron chi connectivity index (χ1n) is 10.4. The summed E-state index contributed by atoms with van der Waals surface area (Å²) < 4.78 is 13.2. The molecule has 0 amide bonds. The van der Waals surface area contributed by atoms with Gasteiger partial charge in [-0.05, 0) is 48.7 Å². The highest BCUT2D eigenvalue weighted by atomic mass is 127. The lowest BCUT2D eigenvalue weighted by atomic mass is 9.53. The van der Waals surface area contributed by atoms with Gasteiger partial charge in [0.25, 0.3) is 0 Å². The fourth-order valence-corrected chi connectivity index (χ4v) is 6.01. The van der Waals surface area contributed by atoms with E-state index in [0.29, 0.717) is 6.61 Å². The van der Waals surface area contributed by atoms with Crippen molar-refractivity contribution >= 4 is 36.6 Å². The van der Waals surface area contributed by atoms with Gasteiger partial charge in [0, 0.05) is 26.5 Å². The molecule has 4 nitrogen and oxygen atoms in total. The zero-order valence-corrected chi connectivity index (χ0v) is 21.4. The molecule has 0 heterocycles. The summed E-state index contributed by atoms with van der Waals surface area (Å²) in [5, 5.41) is 10.8. The molecule has 28 heavy (non-hydrogen) atoms. The Morgan fingerprint density at radius 3 is 2.68 bits per heavy atom. The number of allylic oxidation sites excluding steroid dienone is 2. The third-order valence-electron chi connectivity index (χ3n) is 6.71. The minimum Gasteiger partial charge on any atom is -0.438 e. The van der Waals surface area contributed by atoms with Crippen LogP contribution < -0.4 is 0 Å². The van der Waals surface area contributed by atoms with Gasteiger partial charge in [0.2, 0.25) is 0 Å². The predicted molar refractivity (Wildman–Crippen MR) is 125 cm³/mol.